The highest BCUT2D eigenvalue weighted by molar-refractivity contribution is 6.33. The Labute approximate surface area is 128 Å². The zero-order valence-electron chi connectivity index (χ0n) is 12.3. The number of benzene rings is 1. The minimum absolute atomic E-state index is 0.154. The van der Waals surface area contributed by atoms with Gasteiger partial charge in [-0.2, -0.15) is 13.2 Å². The van der Waals surface area contributed by atoms with E-state index in [-0.39, 0.29) is 11.1 Å². The second-order valence-electron chi connectivity index (χ2n) is 5.92. The van der Waals surface area contributed by atoms with Crippen LogP contribution in [0.15, 0.2) is 18.2 Å². The molecule has 1 aromatic rings. The van der Waals surface area contributed by atoms with Crippen molar-refractivity contribution in [1.82, 2.24) is 5.32 Å². The molecular formula is C15H20ClF3N2. The van der Waals surface area contributed by atoms with Crippen LogP contribution in [0.4, 0.5) is 18.9 Å². The SMILES string of the molecule is CC(C)C1CN(c2ccc(C(F)(F)F)cc2Cl)C(C)CN1. The number of nitrogens with zero attached hydrogens (tertiary/aromatic N) is 1. The van der Waals surface area contributed by atoms with Crippen LogP contribution in [-0.4, -0.2) is 25.2 Å². The molecule has 0 amide bonds. The van der Waals surface area contributed by atoms with Crippen LogP contribution >= 0.6 is 11.6 Å². The molecular weight excluding hydrogens is 301 g/mol. The fourth-order valence-corrected chi connectivity index (χ4v) is 2.88. The Morgan fingerprint density at radius 3 is 2.52 bits per heavy atom. The first kappa shape index (κ1) is 16.4. The Balaban J connectivity index is 2.28. The molecule has 0 aromatic heterocycles. The number of halogens is 4. The maximum Gasteiger partial charge on any atom is 0.416 e. The number of alkyl halides is 3. The predicted molar refractivity (Wildman–Crippen MR) is 79.9 cm³/mol. The Kier molecular flexibility index (Phi) is 4.73. The summed E-state index contributed by atoms with van der Waals surface area (Å²) in [5.41, 5.74) is -0.0382. The summed E-state index contributed by atoms with van der Waals surface area (Å²) < 4.78 is 38.1. The van der Waals surface area contributed by atoms with E-state index in [1.165, 1.54) is 6.07 Å². The third kappa shape index (κ3) is 3.64. The summed E-state index contributed by atoms with van der Waals surface area (Å²) in [6.45, 7) is 7.82. The molecule has 2 rings (SSSR count). The van der Waals surface area contributed by atoms with E-state index in [2.05, 4.69) is 24.1 Å². The molecule has 2 unspecified atom stereocenters. The molecule has 0 radical (unpaired) electrons. The van der Waals surface area contributed by atoms with Crippen LogP contribution < -0.4 is 10.2 Å². The van der Waals surface area contributed by atoms with Crippen LogP contribution in [0.25, 0.3) is 0 Å². The molecule has 21 heavy (non-hydrogen) atoms. The van der Waals surface area contributed by atoms with Gasteiger partial charge >= 0.3 is 6.18 Å². The highest BCUT2D eigenvalue weighted by atomic mass is 35.5. The molecule has 1 N–H and O–H groups in total. The first-order valence-corrected chi connectivity index (χ1v) is 7.44. The van der Waals surface area contributed by atoms with Crippen molar-refractivity contribution < 1.29 is 13.2 Å². The van der Waals surface area contributed by atoms with Crippen molar-refractivity contribution in [3.8, 4) is 0 Å². The maximum atomic E-state index is 12.7. The number of nitrogens with one attached hydrogen (secondary N) is 1. The lowest BCUT2D eigenvalue weighted by atomic mass is 9.99. The lowest BCUT2D eigenvalue weighted by Gasteiger charge is -2.42. The van der Waals surface area contributed by atoms with Crippen LogP contribution in [0.3, 0.4) is 0 Å². The lowest BCUT2D eigenvalue weighted by Crippen LogP contribution is -2.57. The molecule has 1 fully saturated rings. The Bertz CT molecular complexity index is 502. The molecule has 0 aliphatic carbocycles. The summed E-state index contributed by atoms with van der Waals surface area (Å²) >= 11 is 6.10. The van der Waals surface area contributed by atoms with Gasteiger partial charge in [-0.1, -0.05) is 25.4 Å². The second-order valence-corrected chi connectivity index (χ2v) is 6.33. The topological polar surface area (TPSA) is 15.3 Å². The summed E-state index contributed by atoms with van der Waals surface area (Å²) in [5, 5.41) is 3.61. The Morgan fingerprint density at radius 1 is 1.33 bits per heavy atom. The summed E-state index contributed by atoms with van der Waals surface area (Å²) in [6.07, 6.45) is -4.36. The molecule has 1 aliphatic heterocycles. The summed E-state index contributed by atoms with van der Waals surface area (Å²) in [6, 6.07) is 4.08. The van der Waals surface area contributed by atoms with Gasteiger partial charge in [0.15, 0.2) is 0 Å². The molecule has 1 aromatic carbocycles. The monoisotopic (exact) mass is 320 g/mol. The zero-order chi connectivity index (χ0) is 15.8. The summed E-state index contributed by atoms with van der Waals surface area (Å²) in [7, 11) is 0. The van der Waals surface area contributed by atoms with E-state index < -0.39 is 11.7 Å². The average Bonchev–Trinajstić information content (AvgIpc) is 2.38. The van der Waals surface area contributed by atoms with E-state index in [1.807, 2.05) is 6.92 Å². The molecule has 0 spiro atoms. The van der Waals surface area contributed by atoms with Crippen molar-refractivity contribution in [2.75, 3.05) is 18.0 Å². The largest absolute Gasteiger partial charge is 0.416 e. The van der Waals surface area contributed by atoms with Crippen LogP contribution in [-0.2, 0) is 6.18 Å². The summed E-state index contributed by atoms with van der Waals surface area (Å²) in [4.78, 5) is 2.09. The Morgan fingerprint density at radius 2 is 2.00 bits per heavy atom. The number of rotatable bonds is 2. The van der Waals surface area contributed by atoms with Crippen molar-refractivity contribution in [3.63, 3.8) is 0 Å². The summed E-state index contributed by atoms with van der Waals surface area (Å²) in [5.74, 6) is 0.452. The predicted octanol–water partition coefficient (Wildman–Crippen LogP) is 4.18. The minimum Gasteiger partial charge on any atom is -0.365 e. The molecule has 1 aliphatic rings. The highest BCUT2D eigenvalue weighted by Crippen LogP contribution is 2.36. The number of piperazine rings is 1. The molecule has 0 saturated carbocycles. The van der Waals surface area contributed by atoms with E-state index in [4.69, 9.17) is 11.6 Å². The normalized spacial score (nSPS) is 23.7. The second kappa shape index (κ2) is 6.05. The molecule has 118 valence electrons. The van der Waals surface area contributed by atoms with Crippen molar-refractivity contribution in [3.05, 3.63) is 28.8 Å². The van der Waals surface area contributed by atoms with E-state index in [0.29, 0.717) is 17.6 Å². The lowest BCUT2D eigenvalue weighted by molar-refractivity contribution is -0.137. The van der Waals surface area contributed by atoms with E-state index in [0.717, 1.165) is 25.2 Å². The van der Waals surface area contributed by atoms with Gasteiger partial charge in [0, 0.05) is 25.2 Å². The first-order chi connectivity index (χ1) is 9.70. The molecule has 2 nitrogen and oxygen atoms in total. The third-order valence-corrected chi connectivity index (χ3v) is 4.29. The van der Waals surface area contributed by atoms with E-state index in [9.17, 15) is 13.2 Å². The fourth-order valence-electron chi connectivity index (χ4n) is 2.59. The maximum absolute atomic E-state index is 12.7. The minimum atomic E-state index is -4.36. The van der Waals surface area contributed by atoms with Crippen LogP contribution in [0, 0.1) is 5.92 Å². The fraction of sp³-hybridized carbons (Fsp3) is 0.600. The molecule has 2 atom stereocenters. The van der Waals surface area contributed by atoms with Crippen molar-refractivity contribution in [1.29, 1.82) is 0 Å². The van der Waals surface area contributed by atoms with Gasteiger partial charge in [0.25, 0.3) is 0 Å². The first-order valence-electron chi connectivity index (χ1n) is 7.07. The van der Waals surface area contributed by atoms with Crippen molar-refractivity contribution >= 4 is 17.3 Å². The molecule has 6 heteroatoms. The number of anilines is 1. The molecule has 0 bridgehead atoms. The van der Waals surface area contributed by atoms with E-state index >= 15 is 0 Å². The molecule has 1 saturated heterocycles. The standard InChI is InChI=1S/C15H20ClF3N2/c1-9(2)13-8-21(10(3)7-20-13)14-5-4-11(6-12(14)16)15(17,18)19/h4-6,9-10,13,20H,7-8H2,1-3H3. The quantitative estimate of drug-likeness (QED) is 0.879. The molecule has 1 heterocycles. The van der Waals surface area contributed by atoms with E-state index in [1.54, 1.807) is 0 Å². The van der Waals surface area contributed by atoms with Gasteiger partial charge in [-0.05, 0) is 31.0 Å². The van der Waals surface area contributed by atoms with Gasteiger partial charge in [0.05, 0.1) is 16.3 Å². The van der Waals surface area contributed by atoms with Crippen LogP contribution in [0.1, 0.15) is 26.3 Å². The van der Waals surface area contributed by atoms with Crippen LogP contribution in [0.2, 0.25) is 5.02 Å². The van der Waals surface area contributed by atoms with Gasteiger partial charge in [-0.15, -0.1) is 0 Å². The number of hydrogen-bond donors (Lipinski definition) is 1. The van der Waals surface area contributed by atoms with Gasteiger partial charge in [-0.25, -0.2) is 0 Å². The zero-order valence-corrected chi connectivity index (χ0v) is 13.1. The van der Waals surface area contributed by atoms with Crippen molar-refractivity contribution in [2.24, 2.45) is 5.92 Å². The third-order valence-electron chi connectivity index (χ3n) is 3.99. The van der Waals surface area contributed by atoms with Gasteiger partial charge in [0.2, 0.25) is 0 Å². The number of hydrogen-bond acceptors (Lipinski definition) is 2. The van der Waals surface area contributed by atoms with Crippen molar-refractivity contribution in [2.45, 2.75) is 39.0 Å². The van der Waals surface area contributed by atoms with Gasteiger partial charge < -0.3 is 10.2 Å². The smallest absolute Gasteiger partial charge is 0.365 e. The average molecular weight is 321 g/mol. The van der Waals surface area contributed by atoms with Gasteiger partial charge in [-0.3, -0.25) is 0 Å². The van der Waals surface area contributed by atoms with Gasteiger partial charge in [0.1, 0.15) is 0 Å². The highest BCUT2D eigenvalue weighted by Gasteiger charge is 2.33. The van der Waals surface area contributed by atoms with Crippen LogP contribution in [0.5, 0.6) is 0 Å². The Hall–Kier alpha value is -0.940.